The molecule has 108 valence electrons. The molecule has 0 heterocycles. The van der Waals surface area contributed by atoms with Gasteiger partial charge in [-0.05, 0) is 42.8 Å². The Kier molecular flexibility index (Phi) is 4.65. The summed E-state index contributed by atoms with van der Waals surface area (Å²) in [5, 5.41) is 11.7. The Morgan fingerprint density at radius 3 is 2.57 bits per heavy atom. The molecule has 2 aromatic carbocycles. The molecule has 0 atom stereocenters. The summed E-state index contributed by atoms with van der Waals surface area (Å²) in [6.45, 7) is 1.83. The fourth-order valence-corrected chi connectivity index (χ4v) is 2.39. The first kappa shape index (κ1) is 15.5. The molecule has 0 spiro atoms. The van der Waals surface area contributed by atoms with Gasteiger partial charge in [-0.3, -0.25) is 4.79 Å². The monoisotopic (exact) mass is 367 g/mol. The van der Waals surface area contributed by atoms with Crippen molar-refractivity contribution in [1.82, 2.24) is 0 Å². The quantitative estimate of drug-likeness (QED) is 0.846. The number of aromatic carboxylic acids is 1. The highest BCUT2D eigenvalue weighted by molar-refractivity contribution is 9.10. The van der Waals surface area contributed by atoms with E-state index in [1.165, 1.54) is 18.2 Å². The van der Waals surface area contributed by atoms with E-state index in [-0.39, 0.29) is 16.5 Å². The molecule has 21 heavy (non-hydrogen) atoms. The number of hydrogen-bond donors (Lipinski definition) is 2. The molecule has 0 saturated heterocycles. The van der Waals surface area contributed by atoms with Crippen molar-refractivity contribution in [3.8, 4) is 0 Å². The largest absolute Gasteiger partial charge is 0.478 e. The molecule has 0 bridgehead atoms. The van der Waals surface area contributed by atoms with Crippen molar-refractivity contribution in [3.63, 3.8) is 0 Å². The van der Waals surface area contributed by atoms with Crippen LogP contribution in [-0.2, 0) is 0 Å². The maximum absolute atomic E-state index is 12.3. The number of benzene rings is 2. The minimum absolute atomic E-state index is 0.0663. The van der Waals surface area contributed by atoms with E-state index in [1.807, 2.05) is 13.0 Å². The molecular formula is C15H11BrClNO3. The van der Waals surface area contributed by atoms with Crippen LogP contribution in [0.2, 0.25) is 5.02 Å². The molecule has 2 rings (SSSR count). The molecule has 4 nitrogen and oxygen atoms in total. The molecule has 0 aromatic heterocycles. The normalized spacial score (nSPS) is 10.2. The van der Waals surface area contributed by atoms with Gasteiger partial charge in [0.15, 0.2) is 0 Å². The Labute approximate surface area is 134 Å². The number of halogens is 2. The summed E-state index contributed by atoms with van der Waals surface area (Å²) in [7, 11) is 0. The van der Waals surface area contributed by atoms with Gasteiger partial charge in [0.2, 0.25) is 0 Å². The van der Waals surface area contributed by atoms with Crippen molar-refractivity contribution in [1.29, 1.82) is 0 Å². The summed E-state index contributed by atoms with van der Waals surface area (Å²) >= 11 is 9.36. The predicted octanol–water partition coefficient (Wildman–Crippen LogP) is 4.36. The van der Waals surface area contributed by atoms with Crippen LogP contribution in [-0.4, -0.2) is 17.0 Å². The standard InChI is InChI=1S/C15H11BrClNO3/c1-8-10(3-2-4-11(8)16)14(19)18-13-6-5-9(15(20)21)7-12(13)17/h2-7H,1H3,(H,18,19)(H,20,21). The van der Waals surface area contributed by atoms with E-state index in [4.69, 9.17) is 16.7 Å². The zero-order chi connectivity index (χ0) is 15.6. The van der Waals surface area contributed by atoms with Crippen molar-refractivity contribution >= 4 is 45.1 Å². The van der Waals surface area contributed by atoms with Gasteiger partial charge in [-0.1, -0.05) is 33.6 Å². The number of nitrogens with one attached hydrogen (secondary N) is 1. The molecule has 0 unspecified atom stereocenters. The van der Waals surface area contributed by atoms with Crippen LogP contribution in [0.4, 0.5) is 5.69 Å². The molecule has 0 aliphatic heterocycles. The highest BCUT2D eigenvalue weighted by Crippen LogP contribution is 2.25. The molecule has 0 aliphatic rings. The average Bonchev–Trinajstić information content (AvgIpc) is 2.43. The zero-order valence-corrected chi connectivity index (χ0v) is 13.3. The van der Waals surface area contributed by atoms with E-state index in [0.717, 1.165) is 10.0 Å². The molecule has 0 aliphatic carbocycles. The van der Waals surface area contributed by atoms with Gasteiger partial charge in [0.05, 0.1) is 16.3 Å². The fraction of sp³-hybridized carbons (Fsp3) is 0.0667. The van der Waals surface area contributed by atoms with E-state index >= 15 is 0 Å². The van der Waals surface area contributed by atoms with Gasteiger partial charge < -0.3 is 10.4 Å². The van der Waals surface area contributed by atoms with Gasteiger partial charge >= 0.3 is 5.97 Å². The second-order valence-electron chi connectivity index (χ2n) is 4.37. The summed E-state index contributed by atoms with van der Waals surface area (Å²) in [4.78, 5) is 23.1. The van der Waals surface area contributed by atoms with E-state index in [9.17, 15) is 9.59 Å². The van der Waals surface area contributed by atoms with E-state index in [1.54, 1.807) is 12.1 Å². The molecule has 0 fully saturated rings. The highest BCUT2D eigenvalue weighted by Gasteiger charge is 2.13. The third kappa shape index (κ3) is 3.43. The summed E-state index contributed by atoms with van der Waals surface area (Å²) in [6, 6.07) is 9.47. The first-order valence-electron chi connectivity index (χ1n) is 5.99. The third-order valence-electron chi connectivity index (χ3n) is 2.98. The number of hydrogen-bond acceptors (Lipinski definition) is 2. The summed E-state index contributed by atoms with van der Waals surface area (Å²) < 4.78 is 0.836. The Balaban J connectivity index is 2.28. The van der Waals surface area contributed by atoms with Gasteiger partial charge in [-0.2, -0.15) is 0 Å². The first-order chi connectivity index (χ1) is 9.90. The molecule has 2 N–H and O–H groups in total. The minimum atomic E-state index is -1.07. The zero-order valence-electron chi connectivity index (χ0n) is 11.0. The van der Waals surface area contributed by atoms with Crippen molar-refractivity contribution in [2.75, 3.05) is 5.32 Å². The molecule has 0 radical (unpaired) electrons. The van der Waals surface area contributed by atoms with Crippen LogP contribution in [0.15, 0.2) is 40.9 Å². The number of carboxylic acids is 1. The van der Waals surface area contributed by atoms with Gasteiger partial charge in [0.25, 0.3) is 5.91 Å². The second kappa shape index (κ2) is 6.28. The van der Waals surface area contributed by atoms with E-state index in [0.29, 0.717) is 11.3 Å². The third-order valence-corrected chi connectivity index (χ3v) is 4.15. The molecular weight excluding hydrogens is 358 g/mol. The average molecular weight is 369 g/mol. The first-order valence-corrected chi connectivity index (χ1v) is 7.16. The number of carbonyl (C=O) groups is 2. The number of carboxylic acid groups (broad SMARTS) is 1. The van der Waals surface area contributed by atoms with Crippen molar-refractivity contribution in [2.24, 2.45) is 0 Å². The van der Waals surface area contributed by atoms with Crippen LogP contribution in [0, 0.1) is 6.92 Å². The van der Waals surface area contributed by atoms with Crippen LogP contribution in [0.25, 0.3) is 0 Å². The summed E-state index contributed by atoms with van der Waals surface area (Å²) in [6.07, 6.45) is 0. The maximum atomic E-state index is 12.3. The van der Waals surface area contributed by atoms with Gasteiger partial charge in [0.1, 0.15) is 0 Å². The van der Waals surface area contributed by atoms with Gasteiger partial charge in [0, 0.05) is 10.0 Å². The van der Waals surface area contributed by atoms with Crippen LogP contribution >= 0.6 is 27.5 Å². The van der Waals surface area contributed by atoms with Crippen LogP contribution in [0.1, 0.15) is 26.3 Å². The van der Waals surface area contributed by atoms with Gasteiger partial charge in [-0.15, -0.1) is 0 Å². The SMILES string of the molecule is Cc1c(Br)cccc1C(=O)Nc1ccc(C(=O)O)cc1Cl. The summed E-state index contributed by atoms with van der Waals surface area (Å²) in [5.41, 5.74) is 1.76. The lowest BCUT2D eigenvalue weighted by molar-refractivity contribution is 0.0696. The molecule has 2 aromatic rings. The highest BCUT2D eigenvalue weighted by atomic mass is 79.9. The maximum Gasteiger partial charge on any atom is 0.335 e. The minimum Gasteiger partial charge on any atom is -0.478 e. The number of carbonyl (C=O) groups excluding carboxylic acids is 1. The van der Waals surface area contributed by atoms with E-state index < -0.39 is 5.97 Å². The fourth-order valence-electron chi connectivity index (χ4n) is 1.79. The number of amides is 1. The number of rotatable bonds is 3. The predicted molar refractivity (Wildman–Crippen MR) is 85.2 cm³/mol. The van der Waals surface area contributed by atoms with Crippen LogP contribution in [0.5, 0.6) is 0 Å². The van der Waals surface area contributed by atoms with Crippen molar-refractivity contribution in [3.05, 3.63) is 62.6 Å². The lowest BCUT2D eigenvalue weighted by atomic mass is 10.1. The second-order valence-corrected chi connectivity index (χ2v) is 5.63. The van der Waals surface area contributed by atoms with Gasteiger partial charge in [-0.25, -0.2) is 4.79 Å². The van der Waals surface area contributed by atoms with Crippen molar-refractivity contribution < 1.29 is 14.7 Å². The topological polar surface area (TPSA) is 66.4 Å². The van der Waals surface area contributed by atoms with Crippen LogP contribution in [0.3, 0.4) is 0 Å². The van der Waals surface area contributed by atoms with E-state index in [2.05, 4.69) is 21.2 Å². The van der Waals surface area contributed by atoms with Crippen LogP contribution < -0.4 is 5.32 Å². The summed E-state index contributed by atoms with van der Waals surface area (Å²) in [5.74, 6) is -1.38. The molecule has 6 heteroatoms. The van der Waals surface area contributed by atoms with Crippen molar-refractivity contribution in [2.45, 2.75) is 6.92 Å². The lowest BCUT2D eigenvalue weighted by Crippen LogP contribution is -2.14. The Hall–Kier alpha value is -1.85. The lowest BCUT2D eigenvalue weighted by Gasteiger charge is -2.10. The Bertz CT molecular complexity index is 731. The Morgan fingerprint density at radius 1 is 1.24 bits per heavy atom. The number of anilines is 1. The Morgan fingerprint density at radius 2 is 1.95 bits per heavy atom. The molecule has 1 amide bonds. The molecule has 0 saturated carbocycles. The smallest absolute Gasteiger partial charge is 0.335 e.